The largest absolute Gasteiger partial charge is 0.317 e. The molecule has 13 heavy (non-hydrogen) atoms. The summed E-state index contributed by atoms with van der Waals surface area (Å²) in [6.07, 6.45) is 9.86. The van der Waals surface area contributed by atoms with Crippen LogP contribution < -0.4 is 10.6 Å². The van der Waals surface area contributed by atoms with E-state index < -0.39 is 0 Å². The first-order valence-electron chi connectivity index (χ1n) is 5.92. The van der Waals surface area contributed by atoms with Crippen LogP contribution in [0.5, 0.6) is 0 Å². The molecule has 0 radical (unpaired) electrons. The van der Waals surface area contributed by atoms with Crippen LogP contribution in [0.25, 0.3) is 0 Å². The Bertz CT molecular complexity index is 119. The second-order valence-electron chi connectivity index (χ2n) is 4.53. The summed E-state index contributed by atoms with van der Waals surface area (Å²) in [5.41, 5.74) is 0. The number of piperidine rings is 1. The number of hydrogen-bond donors (Lipinski definition) is 2. The molecular formula is C11H22N2. The van der Waals surface area contributed by atoms with E-state index in [9.17, 15) is 0 Å². The third-order valence-electron chi connectivity index (χ3n) is 3.42. The molecule has 0 aromatic rings. The second-order valence-corrected chi connectivity index (χ2v) is 4.53. The van der Waals surface area contributed by atoms with E-state index in [1.54, 1.807) is 0 Å². The van der Waals surface area contributed by atoms with Gasteiger partial charge in [0.15, 0.2) is 0 Å². The van der Waals surface area contributed by atoms with Gasteiger partial charge < -0.3 is 10.6 Å². The molecule has 1 aliphatic heterocycles. The van der Waals surface area contributed by atoms with Gasteiger partial charge in [0.05, 0.1) is 0 Å². The smallest absolute Gasteiger partial charge is 0.00938 e. The summed E-state index contributed by atoms with van der Waals surface area (Å²) in [6, 6.07) is 1.65. The van der Waals surface area contributed by atoms with Crippen molar-refractivity contribution >= 4 is 0 Å². The standard InChI is InChI=1S/C11H22N2/c1-2-4-10(5-3-1)13-11-6-8-12-9-7-11/h10-13H,1-9H2. The molecule has 2 N–H and O–H groups in total. The topological polar surface area (TPSA) is 24.1 Å². The summed E-state index contributed by atoms with van der Waals surface area (Å²) in [6.45, 7) is 2.43. The molecule has 2 nitrogen and oxygen atoms in total. The molecule has 0 aromatic heterocycles. The molecule has 1 aliphatic carbocycles. The lowest BCUT2D eigenvalue weighted by Gasteiger charge is -2.31. The highest BCUT2D eigenvalue weighted by Gasteiger charge is 2.18. The second kappa shape index (κ2) is 4.97. The van der Waals surface area contributed by atoms with E-state index >= 15 is 0 Å². The van der Waals surface area contributed by atoms with E-state index in [4.69, 9.17) is 0 Å². The molecule has 0 spiro atoms. The van der Waals surface area contributed by atoms with Crippen molar-refractivity contribution in [2.75, 3.05) is 13.1 Å². The first kappa shape index (κ1) is 9.47. The third-order valence-corrected chi connectivity index (χ3v) is 3.42. The van der Waals surface area contributed by atoms with Gasteiger partial charge in [-0.2, -0.15) is 0 Å². The average Bonchev–Trinajstić information content (AvgIpc) is 2.21. The van der Waals surface area contributed by atoms with E-state index in [2.05, 4.69) is 10.6 Å². The lowest BCUT2D eigenvalue weighted by molar-refractivity contribution is 0.298. The molecule has 1 saturated carbocycles. The number of nitrogens with one attached hydrogen (secondary N) is 2. The fourth-order valence-electron chi connectivity index (χ4n) is 2.59. The van der Waals surface area contributed by atoms with Gasteiger partial charge in [0.2, 0.25) is 0 Å². The zero-order chi connectivity index (χ0) is 8.93. The molecule has 2 fully saturated rings. The molecule has 2 aliphatic rings. The first-order chi connectivity index (χ1) is 6.45. The van der Waals surface area contributed by atoms with Gasteiger partial charge in [-0.1, -0.05) is 19.3 Å². The van der Waals surface area contributed by atoms with Crippen molar-refractivity contribution in [3.8, 4) is 0 Å². The molecule has 0 amide bonds. The van der Waals surface area contributed by atoms with E-state index in [1.807, 2.05) is 0 Å². The van der Waals surface area contributed by atoms with Crippen molar-refractivity contribution in [1.82, 2.24) is 10.6 Å². The van der Waals surface area contributed by atoms with Gasteiger partial charge in [0.25, 0.3) is 0 Å². The van der Waals surface area contributed by atoms with Crippen LogP contribution in [0.3, 0.4) is 0 Å². The molecule has 2 rings (SSSR count). The highest BCUT2D eigenvalue weighted by atomic mass is 15.0. The molecule has 0 unspecified atom stereocenters. The predicted octanol–water partition coefficient (Wildman–Crippen LogP) is 1.66. The Kier molecular flexibility index (Phi) is 3.62. The third kappa shape index (κ3) is 2.96. The number of rotatable bonds is 2. The zero-order valence-electron chi connectivity index (χ0n) is 8.52. The Morgan fingerprint density at radius 1 is 0.769 bits per heavy atom. The van der Waals surface area contributed by atoms with Crippen molar-refractivity contribution < 1.29 is 0 Å². The van der Waals surface area contributed by atoms with Crippen LogP contribution in [0.15, 0.2) is 0 Å². The maximum Gasteiger partial charge on any atom is 0.00938 e. The summed E-state index contributed by atoms with van der Waals surface area (Å²) in [4.78, 5) is 0. The van der Waals surface area contributed by atoms with Gasteiger partial charge in [-0.25, -0.2) is 0 Å². The Labute approximate surface area is 81.5 Å². The van der Waals surface area contributed by atoms with E-state index in [-0.39, 0.29) is 0 Å². The van der Waals surface area contributed by atoms with Gasteiger partial charge in [-0.05, 0) is 38.8 Å². The maximum absolute atomic E-state index is 3.82. The van der Waals surface area contributed by atoms with Gasteiger partial charge in [0, 0.05) is 12.1 Å². The Hall–Kier alpha value is -0.0800. The zero-order valence-corrected chi connectivity index (χ0v) is 8.52. The van der Waals surface area contributed by atoms with Crippen molar-refractivity contribution in [3.63, 3.8) is 0 Å². The molecule has 0 aromatic carbocycles. The quantitative estimate of drug-likeness (QED) is 0.678. The lowest BCUT2D eigenvalue weighted by Crippen LogP contribution is -2.45. The SMILES string of the molecule is C1CCC(NC2CCNCC2)CC1. The minimum absolute atomic E-state index is 0.810. The fourth-order valence-corrected chi connectivity index (χ4v) is 2.59. The van der Waals surface area contributed by atoms with Crippen LogP contribution in [0.2, 0.25) is 0 Å². The molecule has 1 heterocycles. The van der Waals surface area contributed by atoms with E-state index in [0.717, 1.165) is 12.1 Å². The Balaban J connectivity index is 1.69. The predicted molar refractivity (Wildman–Crippen MR) is 55.9 cm³/mol. The van der Waals surface area contributed by atoms with Crippen molar-refractivity contribution in [1.29, 1.82) is 0 Å². The van der Waals surface area contributed by atoms with Crippen LogP contribution in [0, 0.1) is 0 Å². The number of hydrogen-bond acceptors (Lipinski definition) is 2. The van der Waals surface area contributed by atoms with E-state index in [0.29, 0.717) is 0 Å². The summed E-state index contributed by atoms with van der Waals surface area (Å²) in [5.74, 6) is 0. The Morgan fingerprint density at radius 3 is 2.08 bits per heavy atom. The summed E-state index contributed by atoms with van der Waals surface area (Å²) in [7, 11) is 0. The molecule has 0 bridgehead atoms. The molecule has 2 heteroatoms. The van der Waals surface area contributed by atoms with Crippen LogP contribution in [0.1, 0.15) is 44.9 Å². The van der Waals surface area contributed by atoms with Gasteiger partial charge >= 0.3 is 0 Å². The summed E-state index contributed by atoms with van der Waals surface area (Å²) < 4.78 is 0. The van der Waals surface area contributed by atoms with Crippen molar-refractivity contribution in [2.45, 2.75) is 57.0 Å². The average molecular weight is 182 g/mol. The van der Waals surface area contributed by atoms with Gasteiger partial charge in [0.1, 0.15) is 0 Å². The normalized spacial score (nSPS) is 27.7. The van der Waals surface area contributed by atoms with Gasteiger partial charge in [-0.15, -0.1) is 0 Å². The molecule has 76 valence electrons. The van der Waals surface area contributed by atoms with Crippen molar-refractivity contribution in [2.24, 2.45) is 0 Å². The fraction of sp³-hybridized carbons (Fsp3) is 1.00. The lowest BCUT2D eigenvalue weighted by atomic mass is 9.94. The van der Waals surface area contributed by atoms with Crippen LogP contribution >= 0.6 is 0 Å². The highest BCUT2D eigenvalue weighted by Crippen LogP contribution is 2.18. The monoisotopic (exact) mass is 182 g/mol. The molecular weight excluding hydrogens is 160 g/mol. The summed E-state index contributed by atoms with van der Waals surface area (Å²) >= 11 is 0. The van der Waals surface area contributed by atoms with Crippen molar-refractivity contribution in [3.05, 3.63) is 0 Å². The minimum atomic E-state index is 0.810. The van der Waals surface area contributed by atoms with E-state index in [1.165, 1.54) is 58.0 Å². The molecule has 1 saturated heterocycles. The first-order valence-corrected chi connectivity index (χ1v) is 5.92. The van der Waals surface area contributed by atoms with Crippen LogP contribution in [0.4, 0.5) is 0 Å². The maximum atomic E-state index is 3.82. The summed E-state index contributed by atoms with van der Waals surface area (Å²) in [5, 5.41) is 7.23. The minimum Gasteiger partial charge on any atom is -0.317 e. The van der Waals surface area contributed by atoms with Crippen LogP contribution in [-0.4, -0.2) is 25.2 Å². The molecule has 0 atom stereocenters. The van der Waals surface area contributed by atoms with Crippen LogP contribution in [-0.2, 0) is 0 Å². The Morgan fingerprint density at radius 2 is 1.38 bits per heavy atom. The highest BCUT2D eigenvalue weighted by molar-refractivity contribution is 4.80. The van der Waals surface area contributed by atoms with Gasteiger partial charge in [-0.3, -0.25) is 0 Å².